The van der Waals surface area contributed by atoms with Gasteiger partial charge in [-0.2, -0.15) is 0 Å². The van der Waals surface area contributed by atoms with Crippen LogP contribution in [0.1, 0.15) is 10.9 Å². The van der Waals surface area contributed by atoms with Gasteiger partial charge in [0, 0.05) is 16.7 Å². The van der Waals surface area contributed by atoms with Crippen molar-refractivity contribution in [2.24, 2.45) is 0 Å². The van der Waals surface area contributed by atoms with E-state index < -0.39 is 0 Å². The fourth-order valence-corrected chi connectivity index (χ4v) is 2.81. The van der Waals surface area contributed by atoms with Crippen molar-refractivity contribution in [3.63, 3.8) is 0 Å². The van der Waals surface area contributed by atoms with Crippen LogP contribution in [0.15, 0.2) is 30.3 Å². The molecular formula is C12H15NOS. The summed E-state index contributed by atoms with van der Waals surface area (Å²) >= 11 is 1.83. The molecule has 0 aliphatic rings. The van der Waals surface area contributed by atoms with Crippen LogP contribution >= 0.6 is 11.3 Å². The molecule has 0 spiro atoms. The van der Waals surface area contributed by atoms with Gasteiger partial charge in [0.05, 0.1) is 12.6 Å². The van der Waals surface area contributed by atoms with Gasteiger partial charge in [0.2, 0.25) is 0 Å². The lowest BCUT2D eigenvalue weighted by Gasteiger charge is -2.12. The van der Waals surface area contributed by atoms with E-state index in [4.69, 9.17) is 4.74 Å². The van der Waals surface area contributed by atoms with Gasteiger partial charge >= 0.3 is 0 Å². The molecular weight excluding hydrogens is 206 g/mol. The quantitative estimate of drug-likeness (QED) is 0.857. The lowest BCUT2D eigenvalue weighted by atomic mass is 10.2. The van der Waals surface area contributed by atoms with Crippen molar-refractivity contribution in [3.8, 4) is 0 Å². The van der Waals surface area contributed by atoms with E-state index in [1.807, 2.05) is 18.4 Å². The number of methoxy groups -OCH3 is 1. The van der Waals surface area contributed by atoms with E-state index >= 15 is 0 Å². The SMILES string of the molecule is CNC(COC)c1cc2ccccc2s1. The third kappa shape index (κ3) is 2.20. The topological polar surface area (TPSA) is 21.3 Å². The predicted molar refractivity (Wildman–Crippen MR) is 65.5 cm³/mol. The third-order valence-corrected chi connectivity index (χ3v) is 3.70. The minimum atomic E-state index is 0.299. The Kier molecular flexibility index (Phi) is 3.36. The number of rotatable bonds is 4. The van der Waals surface area contributed by atoms with Crippen LogP contribution in [-0.2, 0) is 4.74 Å². The van der Waals surface area contributed by atoms with Crippen LogP contribution in [0.3, 0.4) is 0 Å². The van der Waals surface area contributed by atoms with Crippen LogP contribution < -0.4 is 5.32 Å². The number of likely N-dealkylation sites (N-methyl/N-ethyl adjacent to an activating group) is 1. The maximum Gasteiger partial charge on any atom is 0.0665 e. The molecule has 0 aliphatic carbocycles. The molecule has 3 heteroatoms. The molecule has 1 N–H and O–H groups in total. The minimum absolute atomic E-state index is 0.299. The highest BCUT2D eigenvalue weighted by molar-refractivity contribution is 7.19. The molecule has 2 rings (SSSR count). The monoisotopic (exact) mass is 221 g/mol. The molecule has 1 unspecified atom stereocenters. The largest absolute Gasteiger partial charge is 0.383 e. The lowest BCUT2D eigenvalue weighted by molar-refractivity contribution is 0.171. The molecule has 1 atom stereocenters. The first-order valence-corrected chi connectivity index (χ1v) is 5.81. The summed E-state index contributed by atoms with van der Waals surface area (Å²) in [4.78, 5) is 1.33. The summed E-state index contributed by atoms with van der Waals surface area (Å²) in [6.45, 7) is 0.712. The van der Waals surface area contributed by atoms with Gasteiger partial charge in [-0.1, -0.05) is 18.2 Å². The lowest BCUT2D eigenvalue weighted by Crippen LogP contribution is -2.19. The van der Waals surface area contributed by atoms with Crippen LogP contribution in [0, 0.1) is 0 Å². The number of nitrogens with one attached hydrogen (secondary N) is 1. The second-order valence-electron chi connectivity index (χ2n) is 3.48. The zero-order valence-corrected chi connectivity index (χ0v) is 9.80. The van der Waals surface area contributed by atoms with E-state index in [-0.39, 0.29) is 0 Å². The smallest absolute Gasteiger partial charge is 0.0665 e. The van der Waals surface area contributed by atoms with Gasteiger partial charge in [-0.3, -0.25) is 0 Å². The van der Waals surface area contributed by atoms with E-state index in [0.717, 1.165) is 0 Å². The van der Waals surface area contributed by atoms with Gasteiger partial charge in [-0.25, -0.2) is 0 Å². The highest BCUT2D eigenvalue weighted by Gasteiger charge is 2.11. The molecule has 1 heterocycles. The summed E-state index contributed by atoms with van der Waals surface area (Å²) in [5.74, 6) is 0. The van der Waals surface area contributed by atoms with Gasteiger partial charge in [0.25, 0.3) is 0 Å². The molecule has 80 valence electrons. The summed E-state index contributed by atoms with van der Waals surface area (Å²) in [7, 11) is 3.70. The number of hydrogen-bond donors (Lipinski definition) is 1. The summed E-state index contributed by atoms with van der Waals surface area (Å²) in [6, 6.07) is 11.0. The number of hydrogen-bond acceptors (Lipinski definition) is 3. The first-order chi connectivity index (χ1) is 7.35. The Morgan fingerprint density at radius 3 is 2.87 bits per heavy atom. The Labute approximate surface area is 93.9 Å². The number of ether oxygens (including phenoxy) is 1. The van der Waals surface area contributed by atoms with E-state index in [0.29, 0.717) is 12.6 Å². The third-order valence-electron chi connectivity index (χ3n) is 2.47. The van der Waals surface area contributed by atoms with E-state index in [1.165, 1.54) is 15.0 Å². The first kappa shape index (κ1) is 10.6. The highest BCUT2D eigenvalue weighted by atomic mass is 32.1. The molecule has 0 amide bonds. The van der Waals surface area contributed by atoms with Gasteiger partial charge in [0.15, 0.2) is 0 Å². The predicted octanol–water partition coefficient (Wildman–Crippen LogP) is 2.81. The number of benzene rings is 1. The Hall–Kier alpha value is -0.900. The van der Waals surface area contributed by atoms with Crippen molar-refractivity contribution in [1.82, 2.24) is 5.32 Å². The molecule has 0 saturated heterocycles. The molecule has 2 nitrogen and oxygen atoms in total. The summed E-state index contributed by atoms with van der Waals surface area (Å²) in [5, 5.41) is 4.58. The normalized spacial score (nSPS) is 13.2. The van der Waals surface area contributed by atoms with E-state index in [9.17, 15) is 0 Å². The van der Waals surface area contributed by atoms with Crippen molar-refractivity contribution in [3.05, 3.63) is 35.2 Å². The van der Waals surface area contributed by atoms with Crippen LogP contribution in [0.5, 0.6) is 0 Å². The molecule has 1 aromatic carbocycles. The van der Waals surface area contributed by atoms with Crippen molar-refractivity contribution in [2.75, 3.05) is 20.8 Å². The molecule has 15 heavy (non-hydrogen) atoms. The van der Waals surface area contributed by atoms with Crippen LogP contribution in [0.25, 0.3) is 10.1 Å². The molecule has 0 aliphatic heterocycles. The Morgan fingerprint density at radius 1 is 1.40 bits per heavy atom. The highest BCUT2D eigenvalue weighted by Crippen LogP contribution is 2.29. The van der Waals surface area contributed by atoms with Crippen LogP contribution in [0.4, 0.5) is 0 Å². The average molecular weight is 221 g/mol. The molecule has 0 radical (unpaired) electrons. The second-order valence-corrected chi connectivity index (χ2v) is 4.60. The zero-order chi connectivity index (χ0) is 10.7. The fourth-order valence-electron chi connectivity index (χ4n) is 1.65. The summed E-state index contributed by atoms with van der Waals surface area (Å²) < 4.78 is 6.53. The summed E-state index contributed by atoms with van der Waals surface area (Å²) in [5.41, 5.74) is 0. The minimum Gasteiger partial charge on any atom is -0.383 e. The molecule has 0 bridgehead atoms. The maximum atomic E-state index is 5.19. The van der Waals surface area contributed by atoms with Crippen molar-refractivity contribution in [2.45, 2.75) is 6.04 Å². The summed E-state index contributed by atoms with van der Waals surface area (Å²) in [6.07, 6.45) is 0. The van der Waals surface area contributed by atoms with Crippen molar-refractivity contribution >= 4 is 21.4 Å². The zero-order valence-electron chi connectivity index (χ0n) is 8.99. The van der Waals surface area contributed by atoms with Crippen molar-refractivity contribution < 1.29 is 4.74 Å². The first-order valence-electron chi connectivity index (χ1n) is 5.00. The van der Waals surface area contributed by atoms with Crippen molar-refractivity contribution in [1.29, 1.82) is 0 Å². The Balaban J connectivity index is 2.34. The Bertz CT molecular complexity index is 405. The molecule has 1 aromatic heterocycles. The van der Waals surface area contributed by atoms with Gasteiger partial charge < -0.3 is 10.1 Å². The maximum absolute atomic E-state index is 5.19. The Morgan fingerprint density at radius 2 is 2.20 bits per heavy atom. The number of fused-ring (bicyclic) bond motifs is 1. The molecule has 0 fully saturated rings. The van der Waals surface area contributed by atoms with E-state index in [1.54, 1.807) is 7.11 Å². The van der Waals surface area contributed by atoms with Gasteiger partial charge in [-0.15, -0.1) is 11.3 Å². The van der Waals surface area contributed by atoms with Crippen LogP contribution in [0.2, 0.25) is 0 Å². The van der Waals surface area contributed by atoms with Crippen LogP contribution in [-0.4, -0.2) is 20.8 Å². The van der Waals surface area contributed by atoms with E-state index in [2.05, 4.69) is 35.6 Å². The number of thiophene rings is 1. The van der Waals surface area contributed by atoms with Gasteiger partial charge in [0.1, 0.15) is 0 Å². The second kappa shape index (κ2) is 4.75. The van der Waals surface area contributed by atoms with Gasteiger partial charge in [-0.05, 0) is 24.6 Å². The fraction of sp³-hybridized carbons (Fsp3) is 0.333. The average Bonchev–Trinajstić information content (AvgIpc) is 2.69. The molecule has 0 saturated carbocycles. The molecule has 2 aromatic rings. The standard InChI is InChI=1S/C12H15NOS/c1-13-10(8-14-2)12-7-9-5-3-4-6-11(9)15-12/h3-7,10,13H,8H2,1-2H3.